The maximum atomic E-state index is 5.90. The average Bonchev–Trinajstić information content (AvgIpc) is 2.97. The van der Waals surface area contributed by atoms with Crippen LogP contribution in [0, 0.1) is 5.92 Å². The van der Waals surface area contributed by atoms with E-state index in [1.807, 2.05) is 17.9 Å². The van der Waals surface area contributed by atoms with Crippen LogP contribution in [-0.2, 0) is 16.0 Å². The van der Waals surface area contributed by atoms with Crippen LogP contribution in [0.4, 0.5) is 0 Å². The second kappa shape index (κ2) is 6.83. The van der Waals surface area contributed by atoms with Gasteiger partial charge in [-0.15, -0.1) is 0 Å². The highest BCUT2D eigenvalue weighted by Gasteiger charge is 2.35. The first kappa shape index (κ1) is 15.0. The fourth-order valence-corrected chi connectivity index (χ4v) is 3.18. The van der Waals surface area contributed by atoms with Crippen LogP contribution in [0.15, 0.2) is 10.7 Å². The molecule has 19 heavy (non-hydrogen) atoms. The second-order valence-corrected chi connectivity index (χ2v) is 5.82. The number of hydrogen-bond donors (Lipinski definition) is 1. The summed E-state index contributed by atoms with van der Waals surface area (Å²) >= 11 is 3.60. The third-order valence-corrected chi connectivity index (χ3v) is 4.33. The van der Waals surface area contributed by atoms with Crippen molar-refractivity contribution in [1.82, 2.24) is 15.1 Å². The molecule has 2 rings (SSSR count). The average molecular weight is 332 g/mol. The highest BCUT2D eigenvalue weighted by Crippen LogP contribution is 2.34. The van der Waals surface area contributed by atoms with E-state index in [-0.39, 0.29) is 12.1 Å². The minimum Gasteiger partial charge on any atom is -0.383 e. The third-order valence-electron chi connectivity index (χ3n) is 3.72. The molecule has 5 nitrogen and oxygen atoms in total. The van der Waals surface area contributed by atoms with Crippen LogP contribution in [0.3, 0.4) is 0 Å². The van der Waals surface area contributed by atoms with Crippen LogP contribution >= 0.6 is 15.9 Å². The minimum atomic E-state index is 0.145. The van der Waals surface area contributed by atoms with Gasteiger partial charge in [0, 0.05) is 13.7 Å². The molecule has 3 atom stereocenters. The fraction of sp³-hybridized carbons (Fsp3) is 0.769. The number of halogens is 1. The number of ether oxygens (including phenoxy) is 2. The van der Waals surface area contributed by atoms with Crippen molar-refractivity contribution in [1.29, 1.82) is 0 Å². The molecule has 1 N–H and O–H groups in total. The molecule has 3 unspecified atom stereocenters. The molecule has 0 saturated carbocycles. The summed E-state index contributed by atoms with van der Waals surface area (Å²) in [5.41, 5.74) is 1.14. The summed E-state index contributed by atoms with van der Waals surface area (Å²) in [5, 5.41) is 7.79. The minimum absolute atomic E-state index is 0.145. The Morgan fingerprint density at radius 3 is 3.05 bits per heavy atom. The molecule has 6 heteroatoms. The van der Waals surface area contributed by atoms with Gasteiger partial charge in [-0.3, -0.25) is 4.68 Å². The van der Waals surface area contributed by atoms with Crippen molar-refractivity contribution in [3.05, 3.63) is 16.4 Å². The lowest BCUT2D eigenvalue weighted by molar-refractivity contribution is 0.0595. The van der Waals surface area contributed by atoms with E-state index < -0.39 is 0 Å². The van der Waals surface area contributed by atoms with Gasteiger partial charge in [-0.2, -0.15) is 5.10 Å². The van der Waals surface area contributed by atoms with Crippen molar-refractivity contribution < 1.29 is 9.47 Å². The molecule has 0 amide bonds. The second-order valence-electron chi connectivity index (χ2n) is 4.96. The molecule has 1 fully saturated rings. The molecule has 0 aromatic carbocycles. The zero-order valence-electron chi connectivity index (χ0n) is 11.7. The first-order valence-corrected chi connectivity index (χ1v) is 7.47. The van der Waals surface area contributed by atoms with Crippen molar-refractivity contribution in [2.75, 3.05) is 27.4 Å². The Morgan fingerprint density at radius 1 is 1.68 bits per heavy atom. The summed E-state index contributed by atoms with van der Waals surface area (Å²) in [6, 6.07) is 0.145. The highest BCUT2D eigenvalue weighted by atomic mass is 79.9. The number of methoxy groups -OCH3 is 1. The van der Waals surface area contributed by atoms with E-state index in [1.54, 1.807) is 7.11 Å². The van der Waals surface area contributed by atoms with E-state index in [9.17, 15) is 0 Å². The monoisotopic (exact) mass is 331 g/mol. The van der Waals surface area contributed by atoms with Crippen LogP contribution in [-0.4, -0.2) is 43.3 Å². The lowest BCUT2D eigenvalue weighted by Crippen LogP contribution is -2.34. The zero-order chi connectivity index (χ0) is 13.8. The van der Waals surface area contributed by atoms with Crippen molar-refractivity contribution in [3.63, 3.8) is 0 Å². The molecule has 0 spiro atoms. The quantitative estimate of drug-likeness (QED) is 0.865. The van der Waals surface area contributed by atoms with Crippen molar-refractivity contribution in [3.8, 4) is 0 Å². The molecular formula is C13H22BrN3O2. The summed E-state index contributed by atoms with van der Waals surface area (Å²) in [6.07, 6.45) is 3.15. The van der Waals surface area contributed by atoms with Gasteiger partial charge in [0.05, 0.1) is 41.7 Å². The Bertz CT molecular complexity index is 411. The van der Waals surface area contributed by atoms with Gasteiger partial charge < -0.3 is 14.8 Å². The predicted molar refractivity (Wildman–Crippen MR) is 77.1 cm³/mol. The van der Waals surface area contributed by atoms with Gasteiger partial charge in [0.25, 0.3) is 0 Å². The maximum Gasteiger partial charge on any atom is 0.0811 e. The summed E-state index contributed by atoms with van der Waals surface area (Å²) in [7, 11) is 3.68. The van der Waals surface area contributed by atoms with Crippen LogP contribution < -0.4 is 5.32 Å². The third kappa shape index (κ3) is 3.18. The maximum absolute atomic E-state index is 5.90. The number of aromatic nitrogens is 2. The molecule has 1 aliphatic rings. The van der Waals surface area contributed by atoms with Gasteiger partial charge in [-0.05, 0) is 35.3 Å². The van der Waals surface area contributed by atoms with Gasteiger partial charge in [-0.25, -0.2) is 0 Å². The number of nitrogens with one attached hydrogen (secondary N) is 1. The van der Waals surface area contributed by atoms with E-state index in [4.69, 9.17) is 9.47 Å². The molecule has 1 aromatic rings. The smallest absolute Gasteiger partial charge is 0.0811 e. The van der Waals surface area contributed by atoms with Crippen LogP contribution in [0.1, 0.15) is 25.1 Å². The number of likely N-dealkylation sites (N-methyl/N-ethyl adjacent to an activating group) is 1. The van der Waals surface area contributed by atoms with Crippen LogP contribution in [0.5, 0.6) is 0 Å². The van der Waals surface area contributed by atoms with E-state index in [0.717, 1.165) is 29.7 Å². The summed E-state index contributed by atoms with van der Waals surface area (Å²) in [4.78, 5) is 0. The number of nitrogens with zero attached hydrogens (tertiary/aromatic N) is 2. The van der Waals surface area contributed by atoms with Gasteiger partial charge in [-0.1, -0.05) is 6.92 Å². The van der Waals surface area contributed by atoms with Crippen molar-refractivity contribution in [2.45, 2.75) is 32.0 Å². The summed E-state index contributed by atoms with van der Waals surface area (Å²) in [5.74, 6) is 0.551. The molecule has 1 aromatic heterocycles. The first-order valence-electron chi connectivity index (χ1n) is 6.68. The van der Waals surface area contributed by atoms with E-state index in [2.05, 4.69) is 33.3 Å². The lowest BCUT2D eigenvalue weighted by atomic mass is 9.95. The number of hydrogen-bond acceptors (Lipinski definition) is 4. The first-order chi connectivity index (χ1) is 9.19. The molecular weight excluding hydrogens is 310 g/mol. The predicted octanol–water partition coefficient (Wildman–Crippen LogP) is 1.98. The van der Waals surface area contributed by atoms with E-state index in [0.29, 0.717) is 12.5 Å². The summed E-state index contributed by atoms with van der Waals surface area (Å²) < 4.78 is 14.1. The van der Waals surface area contributed by atoms with Crippen LogP contribution in [0.25, 0.3) is 0 Å². The Kier molecular flexibility index (Phi) is 5.38. The van der Waals surface area contributed by atoms with Gasteiger partial charge >= 0.3 is 0 Å². The van der Waals surface area contributed by atoms with Gasteiger partial charge in [0.15, 0.2) is 0 Å². The Labute approximate surface area is 122 Å². The van der Waals surface area contributed by atoms with Crippen LogP contribution in [0.2, 0.25) is 0 Å². The lowest BCUT2D eigenvalue weighted by Gasteiger charge is -2.27. The van der Waals surface area contributed by atoms with Gasteiger partial charge in [0.1, 0.15) is 0 Å². The van der Waals surface area contributed by atoms with Gasteiger partial charge in [0.2, 0.25) is 0 Å². The molecule has 108 valence electrons. The standard InChI is InChI=1S/C13H22BrN3O2/c1-9-4-6-19-13(9)11(15-2)12-10(14)8-16-17(12)5-7-18-3/h8-9,11,13,15H,4-7H2,1-3H3. The molecule has 2 heterocycles. The van der Waals surface area contributed by atoms with Crippen molar-refractivity contribution >= 4 is 15.9 Å². The Morgan fingerprint density at radius 2 is 2.47 bits per heavy atom. The zero-order valence-corrected chi connectivity index (χ0v) is 13.3. The molecule has 0 radical (unpaired) electrons. The molecule has 0 aliphatic carbocycles. The fourth-order valence-electron chi connectivity index (χ4n) is 2.64. The topological polar surface area (TPSA) is 48.3 Å². The van der Waals surface area contributed by atoms with E-state index in [1.165, 1.54) is 0 Å². The molecule has 1 aliphatic heterocycles. The Hall–Kier alpha value is -0.430. The van der Waals surface area contributed by atoms with Crippen molar-refractivity contribution in [2.24, 2.45) is 5.92 Å². The largest absolute Gasteiger partial charge is 0.383 e. The van der Waals surface area contributed by atoms with E-state index >= 15 is 0 Å². The highest BCUT2D eigenvalue weighted by molar-refractivity contribution is 9.10. The normalized spacial score (nSPS) is 24.8. The molecule has 1 saturated heterocycles. The molecule has 0 bridgehead atoms. The SMILES string of the molecule is CNC(c1c(Br)cnn1CCOC)C1OCCC1C. The number of rotatable bonds is 6. The summed E-state index contributed by atoms with van der Waals surface area (Å²) in [6.45, 7) is 4.48. The Balaban J connectivity index is 2.24.